The predicted octanol–water partition coefficient (Wildman–Crippen LogP) is 2.13. The molecule has 4 fully saturated rings. The zero-order valence-electron chi connectivity index (χ0n) is 11.2. The van der Waals surface area contributed by atoms with E-state index >= 15 is 0 Å². The molecule has 0 saturated heterocycles. The van der Waals surface area contributed by atoms with Gasteiger partial charge in [0.1, 0.15) is 11.3 Å². The van der Waals surface area contributed by atoms with Gasteiger partial charge in [0.25, 0.3) is 0 Å². The summed E-state index contributed by atoms with van der Waals surface area (Å²) in [5, 5.41) is 11.4. The van der Waals surface area contributed by atoms with Crippen molar-refractivity contribution in [3.63, 3.8) is 0 Å². The number of methoxy groups -OCH3 is 1. The molecular formula is C15H20N2O2. The van der Waals surface area contributed by atoms with Crippen LogP contribution in [-0.2, 0) is 5.60 Å². The summed E-state index contributed by atoms with van der Waals surface area (Å²) >= 11 is 0. The second kappa shape index (κ2) is 3.92. The summed E-state index contributed by atoms with van der Waals surface area (Å²) in [5.41, 5.74) is -0.140. The number of rotatable bonds is 2. The fraction of sp³-hybridized carbons (Fsp3) is 0.733. The van der Waals surface area contributed by atoms with Gasteiger partial charge in [0, 0.05) is 12.4 Å². The molecule has 4 saturated carbocycles. The second-order valence-electron chi connectivity index (χ2n) is 6.54. The van der Waals surface area contributed by atoms with Crippen molar-refractivity contribution in [2.45, 2.75) is 37.7 Å². The molecule has 19 heavy (non-hydrogen) atoms. The third-order valence-corrected chi connectivity index (χ3v) is 5.62. The Hall–Kier alpha value is -1.16. The smallest absolute Gasteiger partial charge is 0.238 e. The molecule has 1 N–H and O–H groups in total. The van der Waals surface area contributed by atoms with E-state index in [4.69, 9.17) is 4.74 Å². The molecular weight excluding hydrogens is 240 g/mol. The Morgan fingerprint density at radius 2 is 1.63 bits per heavy atom. The molecule has 0 aromatic carbocycles. The molecule has 1 heterocycles. The second-order valence-corrected chi connectivity index (χ2v) is 6.54. The number of ether oxygens (including phenoxy) is 1. The summed E-state index contributed by atoms with van der Waals surface area (Å²) in [5.74, 6) is 2.83. The lowest BCUT2D eigenvalue weighted by Crippen LogP contribution is -2.56. The van der Waals surface area contributed by atoms with E-state index in [2.05, 4.69) is 9.97 Å². The molecule has 1 aromatic heterocycles. The van der Waals surface area contributed by atoms with Crippen LogP contribution in [0.2, 0.25) is 0 Å². The average Bonchev–Trinajstić information content (AvgIpc) is 2.43. The first-order valence-electron chi connectivity index (χ1n) is 7.29. The van der Waals surface area contributed by atoms with Crippen molar-refractivity contribution in [2.24, 2.45) is 23.7 Å². The van der Waals surface area contributed by atoms with E-state index in [1.165, 1.54) is 6.42 Å². The van der Waals surface area contributed by atoms with Crippen LogP contribution in [0.5, 0.6) is 5.88 Å². The maximum absolute atomic E-state index is 11.4. The molecule has 4 nitrogen and oxygen atoms in total. The van der Waals surface area contributed by atoms with Gasteiger partial charge in [0.2, 0.25) is 5.88 Å². The van der Waals surface area contributed by atoms with E-state index in [1.54, 1.807) is 19.5 Å². The highest BCUT2D eigenvalue weighted by Crippen LogP contribution is 2.62. The monoisotopic (exact) mass is 260 g/mol. The van der Waals surface area contributed by atoms with E-state index in [-0.39, 0.29) is 0 Å². The van der Waals surface area contributed by atoms with Gasteiger partial charge < -0.3 is 9.84 Å². The van der Waals surface area contributed by atoms with E-state index in [1.807, 2.05) is 0 Å². The minimum absolute atomic E-state index is 0.342. The molecule has 0 atom stereocenters. The first-order chi connectivity index (χ1) is 9.21. The van der Waals surface area contributed by atoms with Gasteiger partial charge in [0.15, 0.2) is 0 Å². The molecule has 0 aliphatic heterocycles. The third kappa shape index (κ3) is 1.49. The largest absolute Gasteiger partial charge is 0.480 e. The van der Waals surface area contributed by atoms with Gasteiger partial charge in [-0.25, -0.2) is 4.98 Å². The van der Waals surface area contributed by atoms with E-state index in [0.29, 0.717) is 23.4 Å². The highest BCUT2D eigenvalue weighted by atomic mass is 16.5. The average molecular weight is 260 g/mol. The highest BCUT2D eigenvalue weighted by Gasteiger charge is 2.59. The van der Waals surface area contributed by atoms with Crippen molar-refractivity contribution < 1.29 is 9.84 Å². The Morgan fingerprint density at radius 1 is 1.05 bits per heavy atom. The minimum atomic E-state index is -0.812. The van der Waals surface area contributed by atoms with Crippen molar-refractivity contribution in [1.29, 1.82) is 0 Å². The van der Waals surface area contributed by atoms with Gasteiger partial charge in [0.05, 0.1) is 7.11 Å². The van der Waals surface area contributed by atoms with Crippen LogP contribution >= 0.6 is 0 Å². The van der Waals surface area contributed by atoms with Crippen molar-refractivity contribution in [2.75, 3.05) is 7.11 Å². The molecule has 4 aliphatic carbocycles. The molecule has 102 valence electrons. The molecule has 0 spiro atoms. The molecule has 4 aliphatic rings. The number of hydrogen-bond acceptors (Lipinski definition) is 4. The summed E-state index contributed by atoms with van der Waals surface area (Å²) < 4.78 is 5.33. The first kappa shape index (κ1) is 11.6. The van der Waals surface area contributed by atoms with Gasteiger partial charge in [-0.15, -0.1) is 0 Å². The maximum atomic E-state index is 11.4. The zero-order valence-corrected chi connectivity index (χ0v) is 11.2. The van der Waals surface area contributed by atoms with Crippen LogP contribution in [0.3, 0.4) is 0 Å². The lowest BCUT2D eigenvalue weighted by molar-refractivity contribution is -0.182. The Bertz CT molecular complexity index is 475. The predicted molar refractivity (Wildman–Crippen MR) is 69.5 cm³/mol. The fourth-order valence-electron chi connectivity index (χ4n) is 5.04. The summed E-state index contributed by atoms with van der Waals surface area (Å²) in [6, 6.07) is 0. The lowest BCUT2D eigenvalue weighted by atomic mass is 9.49. The van der Waals surface area contributed by atoms with Crippen LogP contribution in [0, 0.1) is 23.7 Å². The van der Waals surface area contributed by atoms with Crippen molar-refractivity contribution in [3.8, 4) is 5.88 Å². The number of hydrogen-bond donors (Lipinski definition) is 1. The summed E-state index contributed by atoms with van der Waals surface area (Å²) in [7, 11) is 1.60. The van der Waals surface area contributed by atoms with Crippen LogP contribution in [-0.4, -0.2) is 22.2 Å². The number of aliphatic hydroxyl groups is 1. The first-order valence-corrected chi connectivity index (χ1v) is 7.29. The van der Waals surface area contributed by atoms with Crippen molar-refractivity contribution >= 4 is 0 Å². The molecule has 0 amide bonds. The summed E-state index contributed by atoms with van der Waals surface area (Å²) in [6.07, 6.45) is 9.24. The fourth-order valence-corrected chi connectivity index (χ4v) is 5.04. The highest BCUT2D eigenvalue weighted by molar-refractivity contribution is 5.29. The molecule has 1 aromatic rings. The van der Waals surface area contributed by atoms with Gasteiger partial charge >= 0.3 is 0 Å². The minimum Gasteiger partial charge on any atom is -0.480 e. The maximum Gasteiger partial charge on any atom is 0.238 e. The Balaban J connectivity index is 1.80. The van der Waals surface area contributed by atoms with Gasteiger partial charge in [-0.1, -0.05) is 0 Å². The molecule has 4 heteroatoms. The standard InChI is InChI=1S/C15H20N2O2/c1-19-14-13(16-2-3-17-14)15(18)11-5-9-4-10(7-11)8-12(15)6-9/h2-3,9-12,18H,4-8H2,1H3. The Kier molecular flexibility index (Phi) is 2.40. The van der Waals surface area contributed by atoms with Crippen molar-refractivity contribution in [3.05, 3.63) is 18.1 Å². The molecule has 4 bridgehead atoms. The summed E-state index contributed by atoms with van der Waals surface area (Å²) in [6.45, 7) is 0. The van der Waals surface area contributed by atoms with Gasteiger partial charge in [-0.3, -0.25) is 4.98 Å². The molecule has 0 unspecified atom stereocenters. The van der Waals surface area contributed by atoms with Crippen LogP contribution in [0.25, 0.3) is 0 Å². The van der Waals surface area contributed by atoms with Gasteiger partial charge in [-0.2, -0.15) is 0 Å². The normalized spacial score (nSPS) is 43.5. The zero-order chi connectivity index (χ0) is 13.0. The lowest BCUT2D eigenvalue weighted by Gasteiger charge is -2.58. The quantitative estimate of drug-likeness (QED) is 0.885. The number of nitrogens with zero attached hydrogens (tertiary/aromatic N) is 2. The molecule has 0 radical (unpaired) electrons. The van der Waals surface area contributed by atoms with E-state index < -0.39 is 5.60 Å². The molecule has 5 rings (SSSR count). The Morgan fingerprint density at radius 3 is 2.21 bits per heavy atom. The summed E-state index contributed by atoms with van der Waals surface area (Å²) in [4.78, 5) is 8.66. The van der Waals surface area contributed by atoms with E-state index in [0.717, 1.165) is 37.5 Å². The topological polar surface area (TPSA) is 55.2 Å². The van der Waals surface area contributed by atoms with E-state index in [9.17, 15) is 5.11 Å². The van der Waals surface area contributed by atoms with Crippen LogP contribution in [0.15, 0.2) is 12.4 Å². The SMILES string of the molecule is COc1nccnc1C1(O)C2CC3CC(C2)CC1C3. The van der Waals surface area contributed by atoms with Gasteiger partial charge in [-0.05, 0) is 55.8 Å². The number of aromatic nitrogens is 2. The third-order valence-electron chi connectivity index (χ3n) is 5.62. The van der Waals surface area contributed by atoms with Crippen molar-refractivity contribution in [1.82, 2.24) is 9.97 Å². The Labute approximate surface area is 113 Å². The van der Waals surface area contributed by atoms with Crippen LogP contribution in [0.1, 0.15) is 37.8 Å². The van der Waals surface area contributed by atoms with Crippen LogP contribution in [0.4, 0.5) is 0 Å². The van der Waals surface area contributed by atoms with Crippen LogP contribution < -0.4 is 4.74 Å².